The van der Waals surface area contributed by atoms with Crippen molar-refractivity contribution < 1.29 is 8.42 Å². The van der Waals surface area contributed by atoms with Crippen LogP contribution in [0.5, 0.6) is 0 Å². The van der Waals surface area contributed by atoms with E-state index in [0.29, 0.717) is 5.56 Å². The Morgan fingerprint density at radius 2 is 2.20 bits per heavy atom. The van der Waals surface area contributed by atoms with Crippen molar-refractivity contribution in [3.8, 4) is 0 Å². The lowest BCUT2D eigenvalue weighted by Gasteiger charge is -1.99. The molecule has 1 aromatic carbocycles. The van der Waals surface area contributed by atoms with Crippen LogP contribution in [-0.4, -0.2) is 18.0 Å². The molecular weight excluding hydrogens is 236 g/mol. The first-order valence-electron chi connectivity index (χ1n) is 4.28. The average Bonchev–Trinajstić information content (AvgIpc) is 2.45. The van der Waals surface area contributed by atoms with Crippen molar-refractivity contribution in [2.24, 2.45) is 7.05 Å². The van der Waals surface area contributed by atoms with Crippen molar-refractivity contribution >= 4 is 30.8 Å². The number of nitrogens with zero attached hydrogens (tertiary/aromatic N) is 2. The zero-order valence-corrected chi connectivity index (χ0v) is 9.59. The summed E-state index contributed by atoms with van der Waals surface area (Å²) in [5.74, 6) is -0.157. The van der Waals surface area contributed by atoms with Gasteiger partial charge in [-0.2, -0.15) is 0 Å². The van der Waals surface area contributed by atoms with E-state index in [9.17, 15) is 8.42 Å². The third-order valence-electron chi connectivity index (χ3n) is 2.13. The Balaban J connectivity index is 2.51. The van der Waals surface area contributed by atoms with Gasteiger partial charge in [-0.3, -0.25) is 0 Å². The Labute approximate surface area is 91.9 Å². The molecule has 0 unspecified atom stereocenters. The first kappa shape index (κ1) is 10.4. The lowest BCUT2D eigenvalue weighted by atomic mass is 10.2. The maximum atomic E-state index is 10.9. The fourth-order valence-corrected chi connectivity index (χ4v) is 2.42. The highest BCUT2D eigenvalue weighted by Crippen LogP contribution is 2.16. The molecular formula is C9H9ClN2O2S. The van der Waals surface area contributed by atoms with Crippen LogP contribution in [0.3, 0.4) is 0 Å². The highest BCUT2D eigenvalue weighted by atomic mass is 35.7. The standard InChI is InChI=1S/C9H9ClN2O2S/c1-12-6-11-8-3-2-7(4-9(8)12)5-15(10,13)14/h2-4,6H,5H2,1H3. The Morgan fingerprint density at radius 3 is 2.87 bits per heavy atom. The van der Waals surface area contributed by atoms with Crippen LogP contribution in [-0.2, 0) is 21.9 Å². The van der Waals surface area contributed by atoms with E-state index < -0.39 is 9.05 Å². The summed E-state index contributed by atoms with van der Waals surface area (Å²) in [5, 5.41) is 0. The molecule has 6 heteroatoms. The fourth-order valence-electron chi connectivity index (χ4n) is 1.46. The number of rotatable bonds is 2. The van der Waals surface area contributed by atoms with Crippen LogP contribution in [0.15, 0.2) is 24.5 Å². The van der Waals surface area contributed by atoms with Gasteiger partial charge in [0.2, 0.25) is 9.05 Å². The molecule has 4 nitrogen and oxygen atoms in total. The summed E-state index contributed by atoms with van der Waals surface area (Å²) >= 11 is 0. The highest BCUT2D eigenvalue weighted by Gasteiger charge is 2.08. The molecule has 0 aliphatic rings. The number of benzene rings is 1. The van der Waals surface area contributed by atoms with Gasteiger partial charge in [-0.05, 0) is 17.7 Å². The van der Waals surface area contributed by atoms with E-state index in [2.05, 4.69) is 4.98 Å². The lowest BCUT2D eigenvalue weighted by Crippen LogP contribution is -1.95. The summed E-state index contributed by atoms with van der Waals surface area (Å²) in [6, 6.07) is 5.28. The van der Waals surface area contributed by atoms with Gasteiger partial charge in [-0.15, -0.1) is 0 Å². The predicted octanol–water partition coefficient (Wildman–Crippen LogP) is 1.64. The van der Waals surface area contributed by atoms with Crippen molar-refractivity contribution in [3.05, 3.63) is 30.1 Å². The van der Waals surface area contributed by atoms with Crippen LogP contribution >= 0.6 is 10.7 Å². The molecule has 2 aromatic rings. The van der Waals surface area contributed by atoms with E-state index in [-0.39, 0.29) is 5.75 Å². The number of hydrogen-bond donors (Lipinski definition) is 0. The van der Waals surface area contributed by atoms with Crippen LogP contribution in [0.1, 0.15) is 5.56 Å². The normalized spacial score (nSPS) is 12.1. The van der Waals surface area contributed by atoms with Crippen molar-refractivity contribution in [2.45, 2.75) is 5.75 Å². The largest absolute Gasteiger partial charge is 0.334 e. The number of halogens is 1. The molecule has 0 radical (unpaired) electrons. The molecule has 0 aliphatic heterocycles. The van der Waals surface area contributed by atoms with Gasteiger partial charge in [0.25, 0.3) is 0 Å². The van der Waals surface area contributed by atoms with Crippen molar-refractivity contribution in [1.82, 2.24) is 9.55 Å². The van der Waals surface area contributed by atoms with Gasteiger partial charge in [0.05, 0.1) is 23.1 Å². The summed E-state index contributed by atoms with van der Waals surface area (Å²) in [4.78, 5) is 4.14. The molecule has 80 valence electrons. The van der Waals surface area contributed by atoms with Gasteiger partial charge in [0.1, 0.15) is 0 Å². The smallest absolute Gasteiger partial charge is 0.236 e. The SMILES string of the molecule is Cn1cnc2ccc(CS(=O)(=O)Cl)cc21. The Bertz CT molecular complexity index is 604. The fraction of sp³-hybridized carbons (Fsp3) is 0.222. The molecule has 0 N–H and O–H groups in total. The van der Waals surface area contributed by atoms with Crippen molar-refractivity contribution in [3.63, 3.8) is 0 Å². The van der Waals surface area contributed by atoms with Crippen molar-refractivity contribution in [2.75, 3.05) is 0 Å². The molecule has 0 spiro atoms. The second kappa shape index (κ2) is 3.50. The molecule has 15 heavy (non-hydrogen) atoms. The minimum absolute atomic E-state index is 0.157. The van der Waals surface area contributed by atoms with Gasteiger partial charge in [-0.1, -0.05) is 6.07 Å². The van der Waals surface area contributed by atoms with E-state index >= 15 is 0 Å². The van der Waals surface area contributed by atoms with Gasteiger partial charge >= 0.3 is 0 Å². The maximum absolute atomic E-state index is 10.9. The molecule has 0 aliphatic carbocycles. The van der Waals surface area contributed by atoms with Gasteiger partial charge in [0.15, 0.2) is 0 Å². The number of fused-ring (bicyclic) bond motifs is 1. The summed E-state index contributed by atoms with van der Waals surface area (Å²) in [7, 11) is 3.54. The van der Waals surface area contributed by atoms with Crippen LogP contribution in [0.2, 0.25) is 0 Å². The number of aryl methyl sites for hydroxylation is 1. The van der Waals surface area contributed by atoms with E-state index in [0.717, 1.165) is 11.0 Å². The van der Waals surface area contributed by atoms with Crippen LogP contribution < -0.4 is 0 Å². The minimum Gasteiger partial charge on any atom is -0.334 e. The topological polar surface area (TPSA) is 52.0 Å². The molecule has 0 saturated heterocycles. The second-order valence-electron chi connectivity index (χ2n) is 3.36. The van der Waals surface area contributed by atoms with Crippen LogP contribution in [0.4, 0.5) is 0 Å². The Kier molecular flexibility index (Phi) is 2.44. The first-order valence-corrected chi connectivity index (χ1v) is 6.76. The van der Waals surface area contributed by atoms with E-state index in [1.165, 1.54) is 0 Å². The summed E-state index contributed by atoms with van der Waals surface area (Å²) in [5.41, 5.74) is 2.40. The van der Waals surface area contributed by atoms with Crippen LogP contribution in [0.25, 0.3) is 11.0 Å². The molecule has 2 rings (SSSR count). The average molecular weight is 245 g/mol. The summed E-state index contributed by atoms with van der Waals surface area (Å²) < 4.78 is 23.6. The first-order chi connectivity index (χ1) is 6.96. The number of imidazole rings is 1. The predicted molar refractivity (Wildman–Crippen MR) is 59.2 cm³/mol. The third-order valence-corrected chi connectivity index (χ3v) is 3.13. The maximum Gasteiger partial charge on any atom is 0.236 e. The monoisotopic (exact) mass is 244 g/mol. The molecule has 0 amide bonds. The molecule has 0 saturated carbocycles. The lowest BCUT2D eigenvalue weighted by molar-refractivity contribution is 0.609. The van der Waals surface area contributed by atoms with E-state index in [1.807, 2.05) is 11.6 Å². The number of aromatic nitrogens is 2. The van der Waals surface area contributed by atoms with Crippen molar-refractivity contribution in [1.29, 1.82) is 0 Å². The summed E-state index contributed by atoms with van der Waals surface area (Å²) in [6.45, 7) is 0. The molecule has 0 bridgehead atoms. The van der Waals surface area contributed by atoms with Crippen LogP contribution in [0, 0.1) is 0 Å². The Hall–Kier alpha value is -1.07. The summed E-state index contributed by atoms with van der Waals surface area (Å²) in [6.07, 6.45) is 1.68. The van der Waals surface area contributed by atoms with E-state index in [4.69, 9.17) is 10.7 Å². The van der Waals surface area contributed by atoms with E-state index in [1.54, 1.807) is 24.5 Å². The molecule has 0 fully saturated rings. The molecule has 0 atom stereocenters. The minimum atomic E-state index is -3.50. The molecule has 1 aromatic heterocycles. The van der Waals surface area contributed by atoms with Gasteiger partial charge in [0, 0.05) is 17.7 Å². The quantitative estimate of drug-likeness (QED) is 0.755. The number of hydrogen-bond acceptors (Lipinski definition) is 3. The second-order valence-corrected chi connectivity index (χ2v) is 6.14. The van der Waals surface area contributed by atoms with Gasteiger partial charge in [-0.25, -0.2) is 13.4 Å². The Morgan fingerprint density at radius 1 is 1.47 bits per heavy atom. The molecule has 1 heterocycles. The van der Waals surface area contributed by atoms with Gasteiger partial charge < -0.3 is 4.57 Å². The zero-order valence-electron chi connectivity index (χ0n) is 8.01. The third kappa shape index (κ3) is 2.30. The zero-order chi connectivity index (χ0) is 11.1. The highest BCUT2D eigenvalue weighted by molar-refractivity contribution is 8.13.